The van der Waals surface area contributed by atoms with Gasteiger partial charge in [-0.1, -0.05) is 182 Å². The molecule has 2 aromatic heterocycles. The molecule has 8 aromatic carbocycles. The van der Waals surface area contributed by atoms with Crippen LogP contribution in [0, 0.1) is 0 Å². The van der Waals surface area contributed by atoms with Crippen LogP contribution in [0.15, 0.2) is 205 Å². The summed E-state index contributed by atoms with van der Waals surface area (Å²) in [5.41, 5.74) is 13.2. The molecule has 0 unspecified atom stereocenters. The van der Waals surface area contributed by atoms with Crippen LogP contribution in [0.5, 0.6) is 0 Å². The Labute approximate surface area is 319 Å². The van der Waals surface area contributed by atoms with Crippen molar-refractivity contribution in [3.63, 3.8) is 0 Å². The molecule has 0 saturated carbocycles. The highest BCUT2D eigenvalue weighted by atomic mass is 16.3. The van der Waals surface area contributed by atoms with E-state index >= 15 is 0 Å². The fraction of sp³-hybridized carbons (Fsp3) is 0. The molecule has 0 N–H and O–H groups in total. The van der Waals surface area contributed by atoms with Gasteiger partial charge in [0.15, 0.2) is 17.5 Å². The first-order chi connectivity index (χ1) is 27.3. The van der Waals surface area contributed by atoms with Gasteiger partial charge in [-0.3, -0.25) is 0 Å². The lowest BCUT2D eigenvalue weighted by molar-refractivity contribution is 0.671. The van der Waals surface area contributed by atoms with Gasteiger partial charge in [-0.2, -0.15) is 0 Å². The van der Waals surface area contributed by atoms with Crippen LogP contribution in [-0.4, -0.2) is 15.0 Å². The van der Waals surface area contributed by atoms with Crippen LogP contribution >= 0.6 is 0 Å². The molecular weight excluding hydrogens is 671 g/mol. The summed E-state index contributed by atoms with van der Waals surface area (Å²) in [6.07, 6.45) is 0. The second-order valence-corrected chi connectivity index (χ2v) is 13.6. The number of benzene rings is 8. The standard InChI is InChI=1S/C51H33N3O/c1-5-15-34(16-6-1)36-27-29-37(30-28-36)42-25-14-26-44-46-45(51-53-49(38-19-9-3-10-20-38)52-50(54-51)39-21-11-4-12-22-39)32-31-43(48(46)55-47(42)44)41-24-13-23-40(33-41)35-17-7-2-8-18-35/h1-33H. The first-order valence-electron chi connectivity index (χ1n) is 18.4. The minimum absolute atomic E-state index is 0.586. The minimum atomic E-state index is 0.586. The fourth-order valence-electron chi connectivity index (χ4n) is 7.44. The molecule has 4 nitrogen and oxygen atoms in total. The highest BCUT2D eigenvalue weighted by molar-refractivity contribution is 6.18. The second-order valence-electron chi connectivity index (χ2n) is 13.6. The third-order valence-electron chi connectivity index (χ3n) is 10.2. The average Bonchev–Trinajstić information content (AvgIpc) is 3.67. The zero-order chi connectivity index (χ0) is 36.6. The first kappa shape index (κ1) is 32.2. The molecule has 4 heteroatoms. The Bertz CT molecular complexity index is 2880. The maximum atomic E-state index is 7.10. The molecule has 0 amide bonds. The molecule has 0 atom stereocenters. The lowest BCUT2D eigenvalue weighted by Crippen LogP contribution is -2.00. The molecule has 0 spiro atoms. The maximum absolute atomic E-state index is 7.10. The molecule has 0 saturated heterocycles. The predicted molar refractivity (Wildman–Crippen MR) is 225 cm³/mol. The maximum Gasteiger partial charge on any atom is 0.164 e. The van der Waals surface area contributed by atoms with Crippen LogP contribution in [0.3, 0.4) is 0 Å². The van der Waals surface area contributed by atoms with Crippen LogP contribution in [0.4, 0.5) is 0 Å². The van der Waals surface area contributed by atoms with E-state index in [-0.39, 0.29) is 0 Å². The van der Waals surface area contributed by atoms with E-state index in [0.717, 1.165) is 72.0 Å². The van der Waals surface area contributed by atoms with Crippen molar-refractivity contribution in [3.8, 4) is 78.7 Å². The number of nitrogens with zero attached hydrogens (tertiary/aromatic N) is 3. The summed E-state index contributed by atoms with van der Waals surface area (Å²) in [5, 5.41) is 1.96. The molecule has 0 fully saturated rings. The van der Waals surface area contributed by atoms with Crippen molar-refractivity contribution in [2.24, 2.45) is 0 Å². The molecule has 55 heavy (non-hydrogen) atoms. The van der Waals surface area contributed by atoms with E-state index in [4.69, 9.17) is 19.4 Å². The van der Waals surface area contributed by atoms with Gasteiger partial charge in [0.05, 0.1) is 0 Å². The van der Waals surface area contributed by atoms with Gasteiger partial charge in [0.2, 0.25) is 0 Å². The summed E-state index contributed by atoms with van der Waals surface area (Å²) in [4.78, 5) is 15.3. The smallest absolute Gasteiger partial charge is 0.164 e. The molecule has 0 aliphatic rings. The van der Waals surface area contributed by atoms with Crippen LogP contribution in [0.2, 0.25) is 0 Å². The summed E-state index contributed by atoms with van der Waals surface area (Å²) >= 11 is 0. The zero-order valence-corrected chi connectivity index (χ0v) is 29.8. The van der Waals surface area contributed by atoms with E-state index in [1.54, 1.807) is 0 Å². The Morgan fingerprint density at radius 1 is 0.273 bits per heavy atom. The van der Waals surface area contributed by atoms with E-state index in [9.17, 15) is 0 Å². The second kappa shape index (κ2) is 13.8. The summed E-state index contributed by atoms with van der Waals surface area (Å²) in [6.45, 7) is 0. The summed E-state index contributed by atoms with van der Waals surface area (Å²) in [6, 6.07) is 69.2. The molecule has 0 aliphatic heterocycles. The molecule has 10 aromatic rings. The van der Waals surface area contributed by atoms with Gasteiger partial charge < -0.3 is 4.42 Å². The van der Waals surface area contributed by atoms with Crippen molar-refractivity contribution in [1.82, 2.24) is 15.0 Å². The number of hydrogen-bond acceptors (Lipinski definition) is 4. The van der Waals surface area contributed by atoms with Crippen molar-refractivity contribution in [2.45, 2.75) is 0 Å². The van der Waals surface area contributed by atoms with Gasteiger partial charge in [0.1, 0.15) is 11.2 Å². The monoisotopic (exact) mass is 703 g/mol. The number of aromatic nitrogens is 3. The van der Waals surface area contributed by atoms with Crippen LogP contribution in [0.25, 0.3) is 101 Å². The summed E-state index contributed by atoms with van der Waals surface area (Å²) < 4.78 is 7.10. The summed E-state index contributed by atoms with van der Waals surface area (Å²) in [7, 11) is 0. The Balaban J connectivity index is 1.22. The number of hydrogen-bond donors (Lipinski definition) is 0. The Hall–Kier alpha value is -7.43. The summed E-state index contributed by atoms with van der Waals surface area (Å²) in [5.74, 6) is 1.82. The normalized spacial score (nSPS) is 11.3. The van der Waals surface area contributed by atoms with Gasteiger partial charge in [-0.25, -0.2) is 15.0 Å². The van der Waals surface area contributed by atoms with Crippen molar-refractivity contribution < 1.29 is 4.42 Å². The molecule has 2 heterocycles. The van der Waals surface area contributed by atoms with Crippen LogP contribution < -0.4 is 0 Å². The largest absolute Gasteiger partial charge is 0.455 e. The van der Waals surface area contributed by atoms with E-state index in [1.807, 2.05) is 72.8 Å². The molecule has 258 valence electrons. The number of para-hydroxylation sites is 1. The molecule has 0 aliphatic carbocycles. The zero-order valence-electron chi connectivity index (χ0n) is 29.8. The topological polar surface area (TPSA) is 51.8 Å². The van der Waals surface area contributed by atoms with Crippen molar-refractivity contribution >= 4 is 21.9 Å². The molecule has 10 rings (SSSR count). The van der Waals surface area contributed by atoms with Crippen molar-refractivity contribution in [1.29, 1.82) is 0 Å². The van der Waals surface area contributed by atoms with E-state index in [1.165, 1.54) is 11.1 Å². The third-order valence-corrected chi connectivity index (χ3v) is 10.2. The number of rotatable bonds is 7. The lowest BCUT2D eigenvalue weighted by Gasteiger charge is -2.11. The number of furan rings is 1. The molecular formula is C51H33N3O. The minimum Gasteiger partial charge on any atom is -0.455 e. The van der Waals surface area contributed by atoms with Crippen LogP contribution in [-0.2, 0) is 0 Å². The lowest BCUT2D eigenvalue weighted by atomic mass is 9.94. The molecule has 0 radical (unpaired) electrons. The van der Waals surface area contributed by atoms with Gasteiger partial charge in [0, 0.05) is 38.6 Å². The highest BCUT2D eigenvalue weighted by Crippen LogP contribution is 2.44. The number of fused-ring (bicyclic) bond motifs is 3. The van der Waals surface area contributed by atoms with Crippen molar-refractivity contribution in [3.05, 3.63) is 200 Å². The van der Waals surface area contributed by atoms with E-state index in [2.05, 4.69) is 127 Å². The van der Waals surface area contributed by atoms with E-state index in [0.29, 0.717) is 17.5 Å². The Morgan fingerprint density at radius 3 is 1.33 bits per heavy atom. The quantitative estimate of drug-likeness (QED) is 0.166. The van der Waals surface area contributed by atoms with Gasteiger partial charge >= 0.3 is 0 Å². The van der Waals surface area contributed by atoms with Gasteiger partial charge in [0.25, 0.3) is 0 Å². The van der Waals surface area contributed by atoms with Crippen molar-refractivity contribution in [2.75, 3.05) is 0 Å². The first-order valence-corrected chi connectivity index (χ1v) is 18.4. The Kier molecular flexibility index (Phi) is 8.12. The third kappa shape index (κ3) is 6.06. The van der Waals surface area contributed by atoms with Gasteiger partial charge in [-0.15, -0.1) is 0 Å². The van der Waals surface area contributed by atoms with Gasteiger partial charge in [-0.05, 0) is 51.6 Å². The molecule has 0 bridgehead atoms. The van der Waals surface area contributed by atoms with Crippen LogP contribution in [0.1, 0.15) is 0 Å². The highest BCUT2D eigenvalue weighted by Gasteiger charge is 2.22. The predicted octanol–water partition coefficient (Wildman–Crippen LogP) is 13.4. The SMILES string of the molecule is c1ccc(-c2ccc(-c3cccc4c3oc3c(-c5cccc(-c6ccccc6)c5)ccc(-c5nc(-c6ccccc6)nc(-c6ccccc6)n5)c34)cc2)cc1. The van der Waals surface area contributed by atoms with E-state index < -0.39 is 0 Å². The average molecular weight is 704 g/mol. The fourth-order valence-corrected chi connectivity index (χ4v) is 7.44. The Morgan fingerprint density at radius 2 is 0.709 bits per heavy atom.